The third-order valence-corrected chi connectivity index (χ3v) is 4.70. The van der Waals surface area contributed by atoms with E-state index < -0.39 is 17.6 Å². The number of hydrogen-bond acceptors (Lipinski definition) is 5. The maximum absolute atomic E-state index is 14.6. The number of ether oxygens (including phenoxy) is 1. The quantitative estimate of drug-likeness (QED) is 0.316. The smallest absolute Gasteiger partial charge is 0.258 e. The molecule has 0 aliphatic rings. The minimum absolute atomic E-state index is 0.142. The van der Waals surface area contributed by atoms with Crippen LogP contribution in [0.4, 0.5) is 15.8 Å². The van der Waals surface area contributed by atoms with Crippen LogP contribution >= 0.6 is 0 Å². The number of methoxy groups -OCH3 is 1. The highest BCUT2D eigenvalue weighted by Crippen LogP contribution is 2.24. The molecule has 3 rings (SSSR count). The Labute approximate surface area is 197 Å². The van der Waals surface area contributed by atoms with Gasteiger partial charge in [0.05, 0.1) is 30.1 Å². The molecule has 2 amide bonds. The summed E-state index contributed by atoms with van der Waals surface area (Å²) in [4.78, 5) is 25.8. The minimum atomic E-state index is -0.715. The largest absolute Gasteiger partial charge is 0.497 e. The minimum Gasteiger partial charge on any atom is -0.497 e. The molecule has 172 valence electrons. The first-order valence-corrected chi connectivity index (χ1v) is 10.2. The van der Waals surface area contributed by atoms with Gasteiger partial charge in [-0.05, 0) is 60.2 Å². The molecule has 0 aliphatic carbocycles. The topological polar surface area (TPSA) is 83.0 Å². The van der Waals surface area contributed by atoms with Crippen molar-refractivity contribution in [2.45, 2.75) is 0 Å². The first kappa shape index (κ1) is 24.0. The molecule has 0 bridgehead atoms. The van der Waals surface area contributed by atoms with Crippen LogP contribution in [0.5, 0.6) is 5.75 Å². The van der Waals surface area contributed by atoms with Crippen LogP contribution in [-0.2, 0) is 0 Å². The molecule has 0 heterocycles. The molecule has 0 spiro atoms. The maximum Gasteiger partial charge on any atom is 0.258 e. The second-order valence-corrected chi connectivity index (χ2v) is 7.37. The maximum atomic E-state index is 14.6. The predicted molar refractivity (Wildman–Crippen MR) is 131 cm³/mol. The fourth-order valence-electron chi connectivity index (χ4n) is 2.96. The lowest BCUT2D eigenvalue weighted by molar-refractivity contribution is 0.102. The molecule has 0 atom stereocenters. The highest BCUT2D eigenvalue weighted by Gasteiger charge is 2.18. The van der Waals surface area contributed by atoms with Crippen LogP contribution < -0.4 is 15.4 Å². The Morgan fingerprint density at radius 3 is 2.32 bits per heavy atom. The molecule has 0 saturated heterocycles. The van der Waals surface area contributed by atoms with Crippen molar-refractivity contribution >= 4 is 29.4 Å². The number of carbonyl (C=O) groups excluding carboxylic acids is 2. The highest BCUT2D eigenvalue weighted by atomic mass is 19.1. The summed E-state index contributed by atoms with van der Waals surface area (Å²) in [6, 6.07) is 15.5. The van der Waals surface area contributed by atoms with E-state index in [0.29, 0.717) is 22.6 Å². The molecule has 0 aromatic heterocycles. The van der Waals surface area contributed by atoms with E-state index in [-0.39, 0.29) is 16.8 Å². The Bertz CT molecular complexity index is 1280. The Balaban J connectivity index is 1.84. The molecule has 7 nitrogen and oxygen atoms in total. The van der Waals surface area contributed by atoms with E-state index in [4.69, 9.17) is 11.2 Å². The number of hydrogen-bond donors (Lipinski definition) is 2. The molecule has 0 unspecified atom stereocenters. The Morgan fingerprint density at radius 1 is 1.00 bits per heavy atom. The van der Waals surface area contributed by atoms with Gasteiger partial charge in [-0.2, -0.15) is 5.10 Å². The average Bonchev–Trinajstić information content (AvgIpc) is 2.83. The molecule has 0 aliphatic heterocycles. The van der Waals surface area contributed by atoms with Crippen molar-refractivity contribution in [1.82, 2.24) is 5.01 Å². The van der Waals surface area contributed by atoms with E-state index in [1.807, 2.05) is 0 Å². The monoisotopic (exact) mass is 458 g/mol. The van der Waals surface area contributed by atoms with Crippen LogP contribution in [0, 0.1) is 18.2 Å². The van der Waals surface area contributed by atoms with Crippen LogP contribution in [0.2, 0.25) is 0 Å². The van der Waals surface area contributed by atoms with Gasteiger partial charge in [0, 0.05) is 25.3 Å². The van der Waals surface area contributed by atoms with Gasteiger partial charge >= 0.3 is 0 Å². The van der Waals surface area contributed by atoms with E-state index >= 15 is 0 Å². The number of rotatable bonds is 7. The van der Waals surface area contributed by atoms with Gasteiger partial charge in [-0.15, -0.1) is 6.42 Å². The van der Waals surface area contributed by atoms with Crippen molar-refractivity contribution in [1.29, 1.82) is 0 Å². The zero-order valence-electron chi connectivity index (χ0n) is 18.9. The molecule has 0 fully saturated rings. The number of halogens is 1. The highest BCUT2D eigenvalue weighted by molar-refractivity contribution is 6.13. The van der Waals surface area contributed by atoms with E-state index in [1.165, 1.54) is 37.6 Å². The number of anilines is 2. The SMILES string of the molecule is C#Cc1ccc(NC(=O)c2cc(OC)ccc2NC(=O)c2ccc(C=NN(C)C)cc2F)cc1. The summed E-state index contributed by atoms with van der Waals surface area (Å²) in [6.45, 7) is 0. The Hall–Kier alpha value is -4.64. The van der Waals surface area contributed by atoms with Crippen LogP contribution in [0.25, 0.3) is 0 Å². The third kappa shape index (κ3) is 5.99. The van der Waals surface area contributed by atoms with E-state index in [1.54, 1.807) is 55.5 Å². The number of terminal acetylenes is 1. The molecule has 2 N–H and O–H groups in total. The fourth-order valence-corrected chi connectivity index (χ4v) is 2.96. The number of nitrogens with zero attached hydrogens (tertiary/aromatic N) is 2. The lowest BCUT2D eigenvalue weighted by atomic mass is 10.1. The number of benzene rings is 3. The Morgan fingerprint density at radius 2 is 1.71 bits per heavy atom. The molecule has 34 heavy (non-hydrogen) atoms. The molecular formula is C26H23FN4O3. The zero-order chi connectivity index (χ0) is 24.7. The summed E-state index contributed by atoms with van der Waals surface area (Å²) in [6.07, 6.45) is 6.84. The van der Waals surface area contributed by atoms with Crippen molar-refractivity contribution in [3.8, 4) is 18.1 Å². The van der Waals surface area contributed by atoms with Crippen molar-refractivity contribution in [2.24, 2.45) is 5.10 Å². The molecule has 8 heteroatoms. The average molecular weight is 458 g/mol. The van der Waals surface area contributed by atoms with Gasteiger partial charge in [0.1, 0.15) is 11.6 Å². The summed E-state index contributed by atoms with van der Waals surface area (Å²) < 4.78 is 19.8. The van der Waals surface area contributed by atoms with Gasteiger partial charge in [0.15, 0.2) is 0 Å². The van der Waals surface area contributed by atoms with Crippen molar-refractivity contribution in [3.63, 3.8) is 0 Å². The van der Waals surface area contributed by atoms with E-state index in [9.17, 15) is 14.0 Å². The Kier molecular flexibility index (Phi) is 7.62. The van der Waals surface area contributed by atoms with E-state index in [2.05, 4.69) is 21.7 Å². The summed E-state index contributed by atoms with van der Waals surface area (Å²) in [5.74, 6) is 1.02. The van der Waals surface area contributed by atoms with Gasteiger partial charge in [-0.3, -0.25) is 9.59 Å². The number of nitrogens with one attached hydrogen (secondary N) is 2. The molecule has 0 radical (unpaired) electrons. The molecule has 3 aromatic rings. The van der Waals surface area contributed by atoms with Crippen LogP contribution in [0.15, 0.2) is 65.8 Å². The summed E-state index contributed by atoms with van der Waals surface area (Å²) in [5, 5.41) is 11.0. The van der Waals surface area contributed by atoms with Crippen LogP contribution in [0.1, 0.15) is 31.8 Å². The number of carbonyl (C=O) groups is 2. The third-order valence-electron chi connectivity index (χ3n) is 4.70. The number of hydrazone groups is 1. The zero-order valence-corrected chi connectivity index (χ0v) is 18.9. The van der Waals surface area contributed by atoms with Gasteiger partial charge in [0.2, 0.25) is 0 Å². The van der Waals surface area contributed by atoms with Crippen molar-refractivity contribution in [2.75, 3.05) is 31.8 Å². The first-order valence-electron chi connectivity index (χ1n) is 10.2. The van der Waals surface area contributed by atoms with Gasteiger partial charge in [-0.1, -0.05) is 12.0 Å². The van der Waals surface area contributed by atoms with Crippen LogP contribution in [0.3, 0.4) is 0 Å². The van der Waals surface area contributed by atoms with E-state index in [0.717, 1.165) is 0 Å². The second-order valence-electron chi connectivity index (χ2n) is 7.37. The fraction of sp³-hybridized carbons (Fsp3) is 0.115. The lowest BCUT2D eigenvalue weighted by Gasteiger charge is -2.14. The van der Waals surface area contributed by atoms with Gasteiger partial charge in [0.25, 0.3) is 11.8 Å². The molecule has 3 aromatic carbocycles. The summed E-state index contributed by atoms with van der Waals surface area (Å²) in [5.41, 5.74) is 1.86. The van der Waals surface area contributed by atoms with Crippen molar-refractivity contribution in [3.05, 3.63) is 88.7 Å². The lowest BCUT2D eigenvalue weighted by Crippen LogP contribution is -2.19. The van der Waals surface area contributed by atoms with Gasteiger partial charge < -0.3 is 20.4 Å². The summed E-state index contributed by atoms with van der Waals surface area (Å²) in [7, 11) is 4.94. The molecular weight excluding hydrogens is 435 g/mol. The van der Waals surface area contributed by atoms with Gasteiger partial charge in [-0.25, -0.2) is 4.39 Å². The normalized spacial score (nSPS) is 10.4. The first-order chi connectivity index (χ1) is 16.3. The number of amides is 2. The second kappa shape index (κ2) is 10.8. The predicted octanol–water partition coefficient (Wildman–Crippen LogP) is 4.22. The molecule has 0 saturated carbocycles. The standard InChI is InChI=1S/C26H23FN4O3/c1-5-17-6-9-19(10-7-17)29-26(33)22-15-20(34-4)11-13-24(22)30-25(32)21-12-8-18(14-23(21)27)16-28-31(2)3/h1,6-16H,2-4H3,(H,29,33)(H,30,32). The summed E-state index contributed by atoms with van der Waals surface area (Å²) >= 11 is 0. The van der Waals surface area contributed by atoms with Crippen molar-refractivity contribution < 1.29 is 18.7 Å². The van der Waals surface area contributed by atoms with Crippen LogP contribution in [-0.4, -0.2) is 44.2 Å².